The number of nitrogens with one attached hydrogen (secondary N) is 1. The Kier molecular flexibility index (Phi) is 7.01. The Morgan fingerprint density at radius 2 is 1.43 bits per heavy atom. The summed E-state index contributed by atoms with van der Waals surface area (Å²) in [7, 11) is 0. The largest absolute Gasteiger partial charge is 0.356 e. The highest BCUT2D eigenvalue weighted by atomic mass is 16.1. The van der Waals surface area contributed by atoms with E-state index in [-0.39, 0.29) is 5.91 Å². The molecule has 2 aliphatic rings. The van der Waals surface area contributed by atoms with E-state index in [4.69, 9.17) is 5.73 Å². The fourth-order valence-corrected chi connectivity index (χ4v) is 4.11. The molecule has 0 heterocycles. The zero-order valence-corrected chi connectivity index (χ0v) is 13.8. The van der Waals surface area contributed by atoms with Crippen molar-refractivity contribution in [2.24, 2.45) is 29.4 Å². The first-order valence-electron chi connectivity index (χ1n) is 9.18. The summed E-state index contributed by atoms with van der Waals surface area (Å²) in [5.41, 5.74) is 5.72. The van der Waals surface area contributed by atoms with E-state index in [1.165, 1.54) is 57.8 Å². The van der Waals surface area contributed by atoms with Gasteiger partial charge in [-0.25, -0.2) is 0 Å². The Balaban J connectivity index is 1.58. The quantitative estimate of drug-likeness (QED) is 0.788. The number of amides is 1. The number of nitrogens with two attached hydrogens (primary N) is 1. The lowest BCUT2D eigenvalue weighted by atomic mass is 9.80. The van der Waals surface area contributed by atoms with Gasteiger partial charge in [-0.3, -0.25) is 4.79 Å². The Labute approximate surface area is 130 Å². The summed E-state index contributed by atoms with van der Waals surface area (Å²) in [6.45, 7) is 4.03. The van der Waals surface area contributed by atoms with Crippen molar-refractivity contribution < 1.29 is 4.79 Å². The fraction of sp³-hybridized carbons (Fsp3) is 0.944. The minimum Gasteiger partial charge on any atom is -0.356 e. The Morgan fingerprint density at radius 1 is 0.905 bits per heavy atom. The van der Waals surface area contributed by atoms with Gasteiger partial charge in [0.25, 0.3) is 0 Å². The van der Waals surface area contributed by atoms with E-state index in [9.17, 15) is 4.79 Å². The van der Waals surface area contributed by atoms with Crippen molar-refractivity contribution in [1.29, 1.82) is 0 Å². The highest BCUT2D eigenvalue weighted by molar-refractivity contribution is 5.76. The van der Waals surface area contributed by atoms with Crippen molar-refractivity contribution in [3.05, 3.63) is 0 Å². The molecular formula is C18H34N2O. The Bertz CT molecular complexity index is 302. The molecule has 0 spiro atoms. The van der Waals surface area contributed by atoms with Crippen LogP contribution in [0.3, 0.4) is 0 Å². The van der Waals surface area contributed by atoms with Crippen LogP contribution in [0.2, 0.25) is 0 Å². The van der Waals surface area contributed by atoms with Crippen LogP contribution in [0, 0.1) is 23.7 Å². The van der Waals surface area contributed by atoms with Gasteiger partial charge in [-0.05, 0) is 68.7 Å². The van der Waals surface area contributed by atoms with Gasteiger partial charge >= 0.3 is 0 Å². The zero-order valence-electron chi connectivity index (χ0n) is 13.8. The van der Waals surface area contributed by atoms with Gasteiger partial charge in [0.1, 0.15) is 0 Å². The van der Waals surface area contributed by atoms with E-state index in [2.05, 4.69) is 12.2 Å². The monoisotopic (exact) mass is 294 g/mol. The van der Waals surface area contributed by atoms with E-state index in [0.29, 0.717) is 11.8 Å². The molecule has 0 aromatic heterocycles. The molecule has 21 heavy (non-hydrogen) atoms. The minimum atomic E-state index is 0.281. The van der Waals surface area contributed by atoms with Crippen molar-refractivity contribution in [3.63, 3.8) is 0 Å². The molecule has 3 heteroatoms. The summed E-state index contributed by atoms with van der Waals surface area (Å²) < 4.78 is 0. The Morgan fingerprint density at radius 3 is 2.00 bits per heavy atom. The lowest BCUT2D eigenvalue weighted by Crippen LogP contribution is -2.33. The molecule has 0 saturated heterocycles. The third-order valence-corrected chi connectivity index (χ3v) is 5.91. The van der Waals surface area contributed by atoms with Gasteiger partial charge in [-0.1, -0.05) is 26.2 Å². The molecule has 2 saturated carbocycles. The predicted octanol–water partition coefficient (Wildman–Crippen LogP) is 3.47. The van der Waals surface area contributed by atoms with Gasteiger partial charge < -0.3 is 11.1 Å². The number of hydrogen-bond acceptors (Lipinski definition) is 2. The number of hydrogen-bond donors (Lipinski definition) is 2. The summed E-state index contributed by atoms with van der Waals surface area (Å²) in [6.07, 6.45) is 12.2. The second kappa shape index (κ2) is 8.77. The first kappa shape index (κ1) is 16.8. The van der Waals surface area contributed by atoms with Gasteiger partial charge in [0.05, 0.1) is 0 Å². The summed E-state index contributed by atoms with van der Waals surface area (Å²) in [5.74, 6) is 3.25. The molecule has 0 bridgehead atoms. The van der Waals surface area contributed by atoms with Crippen LogP contribution in [0.25, 0.3) is 0 Å². The van der Waals surface area contributed by atoms with E-state index >= 15 is 0 Å². The highest BCUT2D eigenvalue weighted by Crippen LogP contribution is 2.31. The molecule has 3 nitrogen and oxygen atoms in total. The van der Waals surface area contributed by atoms with Gasteiger partial charge in [-0.15, -0.1) is 0 Å². The van der Waals surface area contributed by atoms with Gasteiger partial charge in [-0.2, -0.15) is 0 Å². The topological polar surface area (TPSA) is 55.1 Å². The Hall–Kier alpha value is -0.570. The van der Waals surface area contributed by atoms with Crippen LogP contribution < -0.4 is 11.1 Å². The summed E-state index contributed by atoms with van der Waals surface area (Å²) in [6, 6.07) is 0. The van der Waals surface area contributed by atoms with Crippen LogP contribution in [0.4, 0.5) is 0 Å². The highest BCUT2D eigenvalue weighted by Gasteiger charge is 2.23. The number of carbonyl (C=O) groups is 1. The second-order valence-corrected chi connectivity index (χ2v) is 7.43. The van der Waals surface area contributed by atoms with Crippen LogP contribution in [-0.2, 0) is 4.79 Å². The summed E-state index contributed by atoms with van der Waals surface area (Å²) in [5, 5.41) is 3.19. The molecule has 0 aromatic carbocycles. The first-order valence-corrected chi connectivity index (χ1v) is 9.18. The van der Waals surface area contributed by atoms with Crippen LogP contribution in [0.1, 0.15) is 71.1 Å². The first-order chi connectivity index (χ1) is 10.2. The van der Waals surface area contributed by atoms with E-state index in [0.717, 1.165) is 31.3 Å². The lowest BCUT2D eigenvalue weighted by molar-refractivity contribution is -0.122. The van der Waals surface area contributed by atoms with Crippen LogP contribution in [-0.4, -0.2) is 19.0 Å². The predicted molar refractivity (Wildman–Crippen MR) is 87.9 cm³/mol. The maximum absolute atomic E-state index is 12.1. The van der Waals surface area contributed by atoms with Gasteiger partial charge in [0.2, 0.25) is 5.91 Å². The summed E-state index contributed by atoms with van der Waals surface area (Å²) in [4.78, 5) is 12.1. The fourth-order valence-electron chi connectivity index (χ4n) is 4.11. The molecule has 0 aromatic rings. The maximum Gasteiger partial charge on any atom is 0.220 e. The average Bonchev–Trinajstić information content (AvgIpc) is 2.54. The SMILES string of the molecule is CCC1CCC(CNC(=O)CC2CCC(CN)CC2)CC1. The van der Waals surface area contributed by atoms with Crippen molar-refractivity contribution >= 4 is 5.91 Å². The van der Waals surface area contributed by atoms with Crippen molar-refractivity contribution in [2.45, 2.75) is 71.1 Å². The molecule has 122 valence electrons. The third kappa shape index (κ3) is 5.61. The summed E-state index contributed by atoms with van der Waals surface area (Å²) >= 11 is 0. The van der Waals surface area contributed by atoms with Gasteiger partial charge in [0, 0.05) is 13.0 Å². The van der Waals surface area contributed by atoms with Crippen molar-refractivity contribution in [3.8, 4) is 0 Å². The molecule has 0 unspecified atom stereocenters. The molecule has 2 aliphatic carbocycles. The molecule has 3 N–H and O–H groups in total. The minimum absolute atomic E-state index is 0.281. The zero-order chi connectivity index (χ0) is 15.1. The van der Waals surface area contributed by atoms with E-state index in [1.54, 1.807) is 0 Å². The number of carbonyl (C=O) groups excluding carboxylic acids is 1. The van der Waals surface area contributed by atoms with Crippen molar-refractivity contribution in [2.75, 3.05) is 13.1 Å². The molecule has 2 fully saturated rings. The van der Waals surface area contributed by atoms with Crippen molar-refractivity contribution in [1.82, 2.24) is 5.32 Å². The van der Waals surface area contributed by atoms with Crippen LogP contribution >= 0.6 is 0 Å². The smallest absolute Gasteiger partial charge is 0.220 e. The average molecular weight is 294 g/mol. The molecule has 0 radical (unpaired) electrons. The molecule has 0 atom stereocenters. The van der Waals surface area contributed by atoms with Gasteiger partial charge in [0.15, 0.2) is 0 Å². The van der Waals surface area contributed by atoms with E-state index < -0.39 is 0 Å². The molecular weight excluding hydrogens is 260 g/mol. The molecule has 2 rings (SSSR count). The number of rotatable bonds is 6. The normalized spacial score (nSPS) is 33.6. The van der Waals surface area contributed by atoms with Crippen LogP contribution in [0.5, 0.6) is 0 Å². The second-order valence-electron chi connectivity index (χ2n) is 7.43. The molecule has 0 aliphatic heterocycles. The maximum atomic E-state index is 12.1. The lowest BCUT2D eigenvalue weighted by Gasteiger charge is -2.29. The standard InChI is InChI=1S/C18H34N2O/c1-2-14-3-9-17(10-4-14)13-20-18(21)11-15-5-7-16(12-19)8-6-15/h14-17H,2-13,19H2,1H3,(H,20,21). The third-order valence-electron chi connectivity index (χ3n) is 5.91. The van der Waals surface area contributed by atoms with E-state index in [1.807, 2.05) is 0 Å². The molecule has 1 amide bonds. The van der Waals surface area contributed by atoms with Crippen LogP contribution in [0.15, 0.2) is 0 Å².